The molecule has 1 fully saturated rings. The zero-order chi connectivity index (χ0) is 15.9. The lowest BCUT2D eigenvalue weighted by molar-refractivity contribution is -0.145. The van der Waals surface area contributed by atoms with E-state index < -0.39 is 12.0 Å². The van der Waals surface area contributed by atoms with Crippen LogP contribution >= 0.6 is 0 Å². The lowest BCUT2D eigenvalue weighted by Gasteiger charge is -2.34. The van der Waals surface area contributed by atoms with E-state index in [4.69, 9.17) is 9.84 Å². The van der Waals surface area contributed by atoms with Gasteiger partial charge in [0.2, 0.25) is 5.91 Å². The molecule has 1 aliphatic heterocycles. The van der Waals surface area contributed by atoms with Gasteiger partial charge < -0.3 is 14.7 Å². The van der Waals surface area contributed by atoms with Gasteiger partial charge >= 0.3 is 5.97 Å². The van der Waals surface area contributed by atoms with Crippen LogP contribution in [0.5, 0.6) is 0 Å². The highest BCUT2D eigenvalue weighted by atomic mass is 19.1. The lowest BCUT2D eigenvalue weighted by atomic mass is 10.1. The average molecular weight is 307 g/mol. The van der Waals surface area contributed by atoms with Gasteiger partial charge in [-0.1, -0.05) is 24.3 Å². The molecule has 0 saturated carbocycles. The molecule has 0 radical (unpaired) electrons. The molecule has 6 heteroatoms. The minimum Gasteiger partial charge on any atom is -0.481 e. The third-order valence-corrected chi connectivity index (χ3v) is 3.43. The predicted molar refractivity (Wildman–Crippen MR) is 78.6 cm³/mol. The van der Waals surface area contributed by atoms with Gasteiger partial charge in [-0.15, -0.1) is 0 Å². The zero-order valence-electron chi connectivity index (χ0n) is 12.1. The van der Waals surface area contributed by atoms with Crippen LogP contribution < -0.4 is 0 Å². The van der Waals surface area contributed by atoms with Gasteiger partial charge in [-0.2, -0.15) is 0 Å². The zero-order valence-corrected chi connectivity index (χ0v) is 12.1. The Morgan fingerprint density at radius 1 is 1.36 bits per heavy atom. The number of carboxylic acids is 1. The van der Waals surface area contributed by atoms with Gasteiger partial charge in [0.25, 0.3) is 0 Å². The Morgan fingerprint density at radius 3 is 2.77 bits per heavy atom. The number of hydrogen-bond donors (Lipinski definition) is 1. The molecule has 0 bridgehead atoms. The summed E-state index contributed by atoms with van der Waals surface area (Å²) in [5.41, 5.74) is 0.804. The largest absolute Gasteiger partial charge is 0.481 e. The van der Waals surface area contributed by atoms with E-state index in [0.29, 0.717) is 13.2 Å². The number of aliphatic carboxylic acids is 1. The van der Waals surface area contributed by atoms with Crippen molar-refractivity contribution >= 4 is 18.0 Å². The molecule has 1 N–H and O–H groups in total. The molecule has 0 aliphatic carbocycles. The van der Waals surface area contributed by atoms with Gasteiger partial charge in [0.05, 0.1) is 25.7 Å². The second-order valence-corrected chi connectivity index (χ2v) is 5.07. The molecule has 1 aromatic rings. The van der Waals surface area contributed by atoms with Crippen LogP contribution in [0, 0.1) is 5.82 Å². The number of morpholine rings is 1. The van der Waals surface area contributed by atoms with E-state index in [1.54, 1.807) is 29.2 Å². The quantitative estimate of drug-likeness (QED) is 0.902. The van der Waals surface area contributed by atoms with Crippen molar-refractivity contribution in [3.8, 4) is 0 Å². The first-order chi connectivity index (χ1) is 10.6. The number of carboxylic acid groups (broad SMARTS) is 1. The Labute approximate surface area is 128 Å². The van der Waals surface area contributed by atoms with Crippen LogP contribution in [-0.4, -0.2) is 47.7 Å². The van der Waals surface area contributed by atoms with E-state index in [1.807, 2.05) is 0 Å². The monoisotopic (exact) mass is 307 g/mol. The summed E-state index contributed by atoms with van der Waals surface area (Å²) >= 11 is 0. The molecule has 1 saturated heterocycles. The van der Waals surface area contributed by atoms with Gasteiger partial charge in [-0.05, 0) is 17.7 Å². The second-order valence-electron chi connectivity index (χ2n) is 5.07. The number of carbonyl (C=O) groups excluding carboxylic acids is 1. The Hall–Kier alpha value is -2.21. The highest BCUT2D eigenvalue weighted by Crippen LogP contribution is 2.13. The summed E-state index contributed by atoms with van der Waals surface area (Å²) < 4.78 is 18.0. The highest BCUT2D eigenvalue weighted by molar-refractivity contribution is 5.80. The van der Waals surface area contributed by atoms with Crippen molar-refractivity contribution in [2.45, 2.75) is 18.9 Å². The fourth-order valence-corrected chi connectivity index (χ4v) is 2.34. The summed E-state index contributed by atoms with van der Waals surface area (Å²) in [6.45, 7) is 1.07. The molecule has 1 unspecified atom stereocenters. The van der Waals surface area contributed by atoms with Crippen molar-refractivity contribution in [2.24, 2.45) is 0 Å². The fraction of sp³-hybridized carbons (Fsp3) is 0.375. The SMILES string of the molecule is O=C(O)CC1COCCN1C(=O)C/C=C/c1ccc(F)cc1. The maximum Gasteiger partial charge on any atom is 0.305 e. The highest BCUT2D eigenvalue weighted by Gasteiger charge is 2.28. The molecule has 5 nitrogen and oxygen atoms in total. The van der Waals surface area contributed by atoms with Gasteiger partial charge in [0, 0.05) is 13.0 Å². The third kappa shape index (κ3) is 4.66. The number of ether oxygens (including phenoxy) is 1. The number of nitrogens with zero attached hydrogens (tertiary/aromatic N) is 1. The molecule has 1 aromatic carbocycles. The second kappa shape index (κ2) is 7.70. The molecule has 0 spiro atoms. The van der Waals surface area contributed by atoms with Crippen LogP contribution in [0.25, 0.3) is 6.08 Å². The van der Waals surface area contributed by atoms with E-state index in [0.717, 1.165) is 5.56 Å². The maximum absolute atomic E-state index is 12.8. The van der Waals surface area contributed by atoms with Crippen molar-refractivity contribution < 1.29 is 23.8 Å². The number of halogens is 1. The molecule has 118 valence electrons. The van der Waals surface area contributed by atoms with Crippen LogP contribution in [0.3, 0.4) is 0 Å². The minimum absolute atomic E-state index is 0.118. The Balaban J connectivity index is 1.92. The normalized spacial score (nSPS) is 18.6. The van der Waals surface area contributed by atoms with Crippen LogP contribution in [-0.2, 0) is 14.3 Å². The number of hydrogen-bond acceptors (Lipinski definition) is 3. The number of amides is 1. The van der Waals surface area contributed by atoms with Gasteiger partial charge in [0.15, 0.2) is 0 Å². The number of rotatable bonds is 5. The van der Waals surface area contributed by atoms with Crippen LogP contribution in [0.15, 0.2) is 30.3 Å². The molecule has 1 atom stereocenters. The predicted octanol–water partition coefficient (Wildman–Crippen LogP) is 1.93. The molecule has 22 heavy (non-hydrogen) atoms. The Morgan fingerprint density at radius 2 is 2.09 bits per heavy atom. The third-order valence-electron chi connectivity index (χ3n) is 3.43. The van der Waals surface area contributed by atoms with Crippen LogP contribution in [0.2, 0.25) is 0 Å². The van der Waals surface area contributed by atoms with Gasteiger partial charge in [0.1, 0.15) is 5.82 Å². The van der Waals surface area contributed by atoms with Crippen molar-refractivity contribution in [1.82, 2.24) is 4.90 Å². The van der Waals surface area contributed by atoms with E-state index >= 15 is 0 Å². The molecular weight excluding hydrogens is 289 g/mol. The summed E-state index contributed by atoms with van der Waals surface area (Å²) in [4.78, 5) is 24.6. The minimum atomic E-state index is -0.949. The van der Waals surface area contributed by atoms with Gasteiger partial charge in [-0.25, -0.2) is 4.39 Å². The van der Waals surface area contributed by atoms with Crippen molar-refractivity contribution in [3.63, 3.8) is 0 Å². The first kappa shape index (κ1) is 16.2. The number of benzene rings is 1. The smallest absolute Gasteiger partial charge is 0.305 e. The summed E-state index contributed by atoms with van der Waals surface area (Å²) in [5.74, 6) is -1.39. The van der Waals surface area contributed by atoms with E-state index in [-0.39, 0.29) is 31.2 Å². The molecule has 1 heterocycles. The van der Waals surface area contributed by atoms with Crippen molar-refractivity contribution in [1.29, 1.82) is 0 Å². The maximum atomic E-state index is 12.8. The molecule has 1 amide bonds. The number of carbonyl (C=O) groups is 2. The summed E-state index contributed by atoms with van der Waals surface area (Å²) in [6.07, 6.45) is 3.49. The lowest BCUT2D eigenvalue weighted by Crippen LogP contribution is -2.49. The molecule has 2 rings (SSSR count). The van der Waals surface area contributed by atoms with Crippen LogP contribution in [0.1, 0.15) is 18.4 Å². The average Bonchev–Trinajstić information content (AvgIpc) is 2.49. The Bertz CT molecular complexity index is 556. The fourth-order valence-electron chi connectivity index (χ4n) is 2.34. The van der Waals surface area contributed by atoms with E-state index in [9.17, 15) is 14.0 Å². The molecule has 0 aromatic heterocycles. The van der Waals surface area contributed by atoms with Crippen molar-refractivity contribution in [2.75, 3.05) is 19.8 Å². The first-order valence-electron chi connectivity index (χ1n) is 7.07. The summed E-state index contributed by atoms with van der Waals surface area (Å²) in [7, 11) is 0. The standard InChI is InChI=1S/C16H18FNO4/c17-13-6-4-12(5-7-13)2-1-3-15(19)18-8-9-22-11-14(18)10-16(20)21/h1-2,4-7,14H,3,8-11H2,(H,20,21)/b2-1+. The van der Waals surface area contributed by atoms with Crippen molar-refractivity contribution in [3.05, 3.63) is 41.7 Å². The summed E-state index contributed by atoms with van der Waals surface area (Å²) in [5, 5.41) is 8.87. The first-order valence-corrected chi connectivity index (χ1v) is 7.07. The van der Waals surface area contributed by atoms with Gasteiger partial charge in [-0.3, -0.25) is 9.59 Å². The van der Waals surface area contributed by atoms with Crippen LogP contribution in [0.4, 0.5) is 4.39 Å². The van der Waals surface area contributed by atoms with E-state index in [2.05, 4.69) is 0 Å². The molecular formula is C16H18FNO4. The molecule has 1 aliphatic rings. The summed E-state index contributed by atoms with van der Waals surface area (Å²) in [6, 6.07) is 5.54. The topological polar surface area (TPSA) is 66.8 Å². The Kier molecular flexibility index (Phi) is 5.66. The van der Waals surface area contributed by atoms with E-state index in [1.165, 1.54) is 12.1 Å².